The summed E-state index contributed by atoms with van der Waals surface area (Å²) in [7, 11) is 0. The van der Waals surface area contributed by atoms with Crippen molar-refractivity contribution in [3.63, 3.8) is 0 Å². The van der Waals surface area contributed by atoms with Crippen LogP contribution in [-0.2, 0) is 17.8 Å². The average Bonchev–Trinajstić information content (AvgIpc) is 3.70. The number of nitrogens with one attached hydrogen (secondary N) is 1. The Balaban J connectivity index is 1.33. The van der Waals surface area contributed by atoms with Gasteiger partial charge in [0.05, 0.1) is 30.1 Å². The Morgan fingerprint density at radius 2 is 2.16 bits per heavy atom. The lowest BCUT2D eigenvalue weighted by molar-refractivity contribution is 0.0964. The van der Waals surface area contributed by atoms with Gasteiger partial charge in [-0.1, -0.05) is 12.1 Å². The van der Waals surface area contributed by atoms with Crippen molar-refractivity contribution >= 4 is 17.5 Å². The smallest absolute Gasteiger partial charge is 0.306 e. The number of aromatic nitrogens is 6. The lowest BCUT2D eigenvalue weighted by Crippen LogP contribution is -2.35. The van der Waals surface area contributed by atoms with Gasteiger partial charge in [0, 0.05) is 43.7 Å². The van der Waals surface area contributed by atoms with Crippen molar-refractivity contribution in [2.45, 2.75) is 44.8 Å². The minimum Gasteiger partial charge on any atom is -0.416 e. The molecule has 38 heavy (non-hydrogen) atoms. The SMILES string of the molecule is CCn1cc(Nc2nccc(-c3ccc4c(c3)CN([C@@H]3CCOC3)CC[C@@H]4c3nnc(C(N)=O)o3)n2)cn1. The molecule has 0 bridgehead atoms. The van der Waals surface area contributed by atoms with E-state index in [1.807, 2.05) is 29.9 Å². The van der Waals surface area contributed by atoms with Crippen LogP contribution in [0.1, 0.15) is 53.4 Å². The number of carbonyl (C=O) groups is 1. The first-order chi connectivity index (χ1) is 18.6. The van der Waals surface area contributed by atoms with E-state index >= 15 is 0 Å². The first-order valence-corrected chi connectivity index (χ1v) is 12.8. The first-order valence-electron chi connectivity index (χ1n) is 12.8. The second-order valence-corrected chi connectivity index (χ2v) is 9.53. The molecule has 12 heteroatoms. The summed E-state index contributed by atoms with van der Waals surface area (Å²) in [6.07, 6.45) is 7.19. The van der Waals surface area contributed by atoms with Crippen molar-refractivity contribution < 1.29 is 13.9 Å². The van der Waals surface area contributed by atoms with E-state index in [1.165, 1.54) is 0 Å². The monoisotopic (exact) mass is 515 g/mol. The lowest BCUT2D eigenvalue weighted by Gasteiger charge is -2.26. The molecule has 5 heterocycles. The molecule has 0 spiro atoms. The van der Waals surface area contributed by atoms with Crippen molar-refractivity contribution in [3.8, 4) is 11.3 Å². The number of carbonyl (C=O) groups excluding carboxylic acids is 1. The molecule has 1 amide bonds. The summed E-state index contributed by atoms with van der Waals surface area (Å²) in [6, 6.07) is 8.57. The number of aryl methyl sites for hydroxylation is 1. The van der Waals surface area contributed by atoms with Crippen LogP contribution in [0.3, 0.4) is 0 Å². The molecule has 2 atom stereocenters. The molecule has 4 aromatic rings. The number of hydrogen-bond acceptors (Lipinski definition) is 10. The van der Waals surface area contributed by atoms with Gasteiger partial charge in [0.15, 0.2) is 0 Å². The van der Waals surface area contributed by atoms with Gasteiger partial charge in [-0.2, -0.15) is 5.10 Å². The minimum atomic E-state index is -0.729. The van der Waals surface area contributed by atoms with E-state index in [0.717, 1.165) is 73.8 Å². The van der Waals surface area contributed by atoms with Crippen LogP contribution < -0.4 is 11.1 Å². The van der Waals surface area contributed by atoms with E-state index in [0.29, 0.717) is 17.9 Å². The van der Waals surface area contributed by atoms with Gasteiger partial charge < -0.3 is 20.2 Å². The molecule has 12 nitrogen and oxygen atoms in total. The van der Waals surface area contributed by atoms with Crippen LogP contribution in [0.15, 0.2) is 47.3 Å². The Hall–Kier alpha value is -4.16. The van der Waals surface area contributed by atoms with Gasteiger partial charge >= 0.3 is 11.8 Å². The third kappa shape index (κ3) is 4.87. The molecule has 0 aliphatic carbocycles. The van der Waals surface area contributed by atoms with Crippen molar-refractivity contribution in [1.29, 1.82) is 0 Å². The molecule has 0 unspecified atom stereocenters. The van der Waals surface area contributed by atoms with Crippen molar-refractivity contribution in [1.82, 2.24) is 34.8 Å². The van der Waals surface area contributed by atoms with Crippen LogP contribution in [0.5, 0.6) is 0 Å². The molecular weight excluding hydrogens is 486 g/mol. The summed E-state index contributed by atoms with van der Waals surface area (Å²) < 4.78 is 13.2. The molecule has 3 N–H and O–H groups in total. The van der Waals surface area contributed by atoms with Gasteiger partial charge in [-0.3, -0.25) is 14.4 Å². The summed E-state index contributed by atoms with van der Waals surface area (Å²) in [4.78, 5) is 23.2. The van der Waals surface area contributed by atoms with E-state index in [9.17, 15) is 4.79 Å². The fourth-order valence-electron chi connectivity index (χ4n) is 5.15. The van der Waals surface area contributed by atoms with Gasteiger partial charge in [-0.15, -0.1) is 10.2 Å². The Morgan fingerprint density at radius 1 is 1.24 bits per heavy atom. The number of nitrogens with zero attached hydrogens (tertiary/aromatic N) is 7. The van der Waals surface area contributed by atoms with E-state index in [2.05, 4.69) is 42.6 Å². The summed E-state index contributed by atoms with van der Waals surface area (Å²) in [5, 5.41) is 15.5. The number of anilines is 2. The zero-order valence-corrected chi connectivity index (χ0v) is 21.1. The zero-order valence-electron chi connectivity index (χ0n) is 21.1. The van der Waals surface area contributed by atoms with Gasteiger partial charge in [0.2, 0.25) is 11.8 Å². The number of nitrogens with two attached hydrogens (primary N) is 1. The van der Waals surface area contributed by atoms with Crippen LogP contribution in [0.4, 0.5) is 11.6 Å². The standard InChI is InChI=1S/C26H29N9O3/c1-2-35-14-18(12-29-35)30-26-28-8-5-22(31-26)16-3-4-20-17(11-16)13-34(19-7-10-37-15-19)9-6-21(20)24-32-33-25(38-24)23(27)36/h3-5,8,11-12,14,19,21H,2,6-7,9-10,13,15H2,1H3,(H2,27,36)(H,28,30,31)/t19-,21+/m1/s1. The maximum absolute atomic E-state index is 11.6. The fourth-order valence-corrected chi connectivity index (χ4v) is 5.15. The number of benzene rings is 1. The Kier molecular flexibility index (Phi) is 6.56. The molecule has 0 radical (unpaired) electrons. The quantitative estimate of drug-likeness (QED) is 0.376. The maximum atomic E-state index is 11.6. The molecule has 0 saturated carbocycles. The van der Waals surface area contributed by atoms with Crippen molar-refractivity contribution in [2.24, 2.45) is 5.73 Å². The molecule has 2 aliphatic heterocycles. The number of rotatable bonds is 7. The summed E-state index contributed by atoms with van der Waals surface area (Å²) in [5.41, 5.74) is 10.2. The third-order valence-electron chi connectivity index (χ3n) is 7.13. The van der Waals surface area contributed by atoms with Crippen LogP contribution in [-0.4, -0.2) is 66.6 Å². The molecule has 196 valence electrons. The first kappa shape index (κ1) is 24.2. The van der Waals surface area contributed by atoms with Crippen molar-refractivity contribution in [2.75, 3.05) is 25.1 Å². The van der Waals surface area contributed by atoms with E-state index in [4.69, 9.17) is 19.9 Å². The van der Waals surface area contributed by atoms with Crippen LogP contribution >= 0.6 is 0 Å². The predicted octanol–water partition coefficient (Wildman–Crippen LogP) is 2.71. The molecule has 3 aromatic heterocycles. The summed E-state index contributed by atoms with van der Waals surface area (Å²) in [5.74, 6) is -0.148. The summed E-state index contributed by atoms with van der Waals surface area (Å²) in [6.45, 7) is 5.92. The molecule has 1 saturated heterocycles. The topological polar surface area (TPSA) is 150 Å². The fraction of sp³-hybridized carbons (Fsp3) is 0.385. The number of amides is 1. The van der Waals surface area contributed by atoms with Crippen LogP contribution in [0.2, 0.25) is 0 Å². The molecule has 6 rings (SSSR count). The second-order valence-electron chi connectivity index (χ2n) is 9.53. The Bertz CT molecular complexity index is 1440. The highest BCUT2D eigenvalue weighted by molar-refractivity contribution is 5.87. The van der Waals surface area contributed by atoms with Gasteiger partial charge in [0.25, 0.3) is 0 Å². The van der Waals surface area contributed by atoms with E-state index in [1.54, 1.807) is 12.4 Å². The van der Waals surface area contributed by atoms with E-state index in [-0.39, 0.29) is 11.8 Å². The Labute approximate surface area is 219 Å². The predicted molar refractivity (Wildman–Crippen MR) is 138 cm³/mol. The highest BCUT2D eigenvalue weighted by Gasteiger charge is 2.32. The van der Waals surface area contributed by atoms with Crippen molar-refractivity contribution in [3.05, 3.63) is 65.8 Å². The maximum Gasteiger partial charge on any atom is 0.306 e. The highest BCUT2D eigenvalue weighted by atomic mass is 16.5. The lowest BCUT2D eigenvalue weighted by atomic mass is 9.91. The minimum absolute atomic E-state index is 0.148. The Morgan fingerprint density at radius 3 is 2.92 bits per heavy atom. The van der Waals surface area contributed by atoms with Gasteiger partial charge in [-0.05, 0) is 49.6 Å². The second kappa shape index (κ2) is 10.3. The number of primary amides is 1. The molecule has 1 aromatic carbocycles. The molecule has 2 aliphatic rings. The average molecular weight is 516 g/mol. The normalized spacial score (nSPS) is 19.7. The van der Waals surface area contributed by atoms with Crippen LogP contribution in [0.25, 0.3) is 11.3 Å². The van der Waals surface area contributed by atoms with Gasteiger partial charge in [-0.25, -0.2) is 9.97 Å². The van der Waals surface area contributed by atoms with Crippen LogP contribution in [0, 0.1) is 0 Å². The molecule has 1 fully saturated rings. The number of hydrogen-bond donors (Lipinski definition) is 2. The molecular formula is C26H29N9O3. The number of fused-ring (bicyclic) bond motifs is 1. The van der Waals surface area contributed by atoms with Gasteiger partial charge in [0.1, 0.15) is 0 Å². The number of ether oxygens (including phenoxy) is 1. The highest BCUT2D eigenvalue weighted by Crippen LogP contribution is 2.36. The summed E-state index contributed by atoms with van der Waals surface area (Å²) >= 11 is 0. The zero-order chi connectivity index (χ0) is 26.1. The van der Waals surface area contributed by atoms with E-state index < -0.39 is 5.91 Å². The third-order valence-corrected chi connectivity index (χ3v) is 7.13. The largest absolute Gasteiger partial charge is 0.416 e.